The van der Waals surface area contributed by atoms with Crippen LogP contribution < -0.4 is 10.1 Å². The first-order chi connectivity index (χ1) is 15.3. The quantitative estimate of drug-likeness (QED) is 0.432. The summed E-state index contributed by atoms with van der Waals surface area (Å²) in [6.45, 7) is 2.92. The molecule has 0 saturated carbocycles. The standard InChI is InChI=1S/C23H28N2O6S/c1-18-9-11-20(12-10-18)30-15-5-8-23(27)31-17-22(26)24-19-6-4-7-21(16-19)32(28,29)25-13-2-3-14-25/h4,6-7,9-12,16H,2-3,5,8,13-15,17H2,1H3,(H,24,26). The first-order valence-electron chi connectivity index (χ1n) is 10.6. The number of aryl methyl sites for hydroxylation is 1. The van der Waals surface area contributed by atoms with Crippen molar-refractivity contribution in [2.75, 3.05) is 31.6 Å². The number of nitrogens with one attached hydrogen (secondary N) is 1. The van der Waals surface area contributed by atoms with E-state index in [0.717, 1.165) is 24.2 Å². The molecule has 0 radical (unpaired) electrons. The second-order valence-corrected chi connectivity index (χ2v) is 9.55. The maximum Gasteiger partial charge on any atom is 0.306 e. The third-order valence-corrected chi connectivity index (χ3v) is 6.89. The molecular formula is C23H28N2O6S. The lowest BCUT2D eigenvalue weighted by Crippen LogP contribution is -2.28. The Bertz CT molecular complexity index is 1030. The van der Waals surface area contributed by atoms with Crippen molar-refractivity contribution in [1.29, 1.82) is 0 Å². The lowest BCUT2D eigenvalue weighted by molar-refractivity contribution is -0.147. The van der Waals surface area contributed by atoms with Gasteiger partial charge in [-0.05, 0) is 56.5 Å². The monoisotopic (exact) mass is 460 g/mol. The number of carbonyl (C=O) groups is 2. The smallest absolute Gasteiger partial charge is 0.306 e. The van der Waals surface area contributed by atoms with E-state index in [2.05, 4.69) is 5.32 Å². The Kier molecular flexibility index (Phi) is 8.24. The number of hydrogen-bond acceptors (Lipinski definition) is 6. The van der Waals surface area contributed by atoms with Gasteiger partial charge in [-0.25, -0.2) is 8.42 Å². The molecular weight excluding hydrogens is 432 g/mol. The average molecular weight is 461 g/mol. The van der Waals surface area contributed by atoms with E-state index in [1.807, 2.05) is 31.2 Å². The van der Waals surface area contributed by atoms with Gasteiger partial charge in [0.1, 0.15) is 5.75 Å². The van der Waals surface area contributed by atoms with Crippen LogP contribution >= 0.6 is 0 Å². The predicted molar refractivity (Wildman–Crippen MR) is 120 cm³/mol. The Hall–Kier alpha value is -2.91. The molecule has 0 atom stereocenters. The summed E-state index contributed by atoms with van der Waals surface area (Å²) >= 11 is 0. The van der Waals surface area contributed by atoms with Crippen LogP contribution in [0.1, 0.15) is 31.2 Å². The van der Waals surface area contributed by atoms with Crippen LogP contribution in [0.3, 0.4) is 0 Å². The fourth-order valence-electron chi connectivity index (χ4n) is 3.27. The van der Waals surface area contributed by atoms with Crippen molar-refractivity contribution in [2.45, 2.75) is 37.5 Å². The second kappa shape index (κ2) is 11.1. The van der Waals surface area contributed by atoms with Crippen molar-refractivity contribution in [3.63, 3.8) is 0 Å². The third-order valence-electron chi connectivity index (χ3n) is 5.00. The Morgan fingerprint density at radius 2 is 1.78 bits per heavy atom. The van der Waals surface area contributed by atoms with E-state index in [1.165, 1.54) is 16.4 Å². The van der Waals surface area contributed by atoms with Gasteiger partial charge in [0.25, 0.3) is 5.91 Å². The Morgan fingerprint density at radius 1 is 1.06 bits per heavy atom. The molecule has 1 aliphatic heterocycles. The lowest BCUT2D eigenvalue weighted by Gasteiger charge is -2.16. The van der Waals surface area contributed by atoms with Crippen LogP contribution in [0, 0.1) is 6.92 Å². The molecule has 1 aliphatic rings. The molecule has 1 fully saturated rings. The molecule has 0 spiro atoms. The van der Waals surface area contributed by atoms with Gasteiger partial charge in [-0.15, -0.1) is 0 Å². The summed E-state index contributed by atoms with van der Waals surface area (Å²) in [5, 5.41) is 2.57. The molecule has 0 bridgehead atoms. The van der Waals surface area contributed by atoms with Crippen LogP contribution in [0.2, 0.25) is 0 Å². The van der Waals surface area contributed by atoms with Gasteiger partial charge in [0.05, 0.1) is 11.5 Å². The summed E-state index contributed by atoms with van der Waals surface area (Å²) in [5.41, 5.74) is 1.47. The molecule has 1 heterocycles. The van der Waals surface area contributed by atoms with Crippen LogP contribution in [-0.2, 0) is 24.3 Å². The van der Waals surface area contributed by atoms with Crippen LogP contribution in [0.25, 0.3) is 0 Å². The summed E-state index contributed by atoms with van der Waals surface area (Å²) in [6.07, 6.45) is 2.28. The maximum absolute atomic E-state index is 12.7. The van der Waals surface area contributed by atoms with Crippen molar-refractivity contribution < 1.29 is 27.5 Å². The fourth-order valence-corrected chi connectivity index (χ4v) is 4.83. The minimum Gasteiger partial charge on any atom is -0.494 e. The van der Waals surface area contributed by atoms with Gasteiger partial charge in [-0.1, -0.05) is 23.8 Å². The number of nitrogens with zero attached hydrogens (tertiary/aromatic N) is 1. The van der Waals surface area contributed by atoms with Crippen LogP contribution in [0.4, 0.5) is 5.69 Å². The topological polar surface area (TPSA) is 102 Å². The van der Waals surface area contributed by atoms with Crippen molar-refractivity contribution in [3.05, 3.63) is 54.1 Å². The first kappa shape index (κ1) is 23.7. The minimum atomic E-state index is -3.57. The molecule has 172 valence electrons. The number of esters is 1. The average Bonchev–Trinajstić information content (AvgIpc) is 3.33. The van der Waals surface area contributed by atoms with Gasteiger partial charge in [0, 0.05) is 25.2 Å². The minimum absolute atomic E-state index is 0.128. The molecule has 1 amide bonds. The van der Waals surface area contributed by atoms with Gasteiger partial charge >= 0.3 is 5.97 Å². The number of anilines is 1. The molecule has 1 saturated heterocycles. The SMILES string of the molecule is Cc1ccc(OCCCC(=O)OCC(=O)Nc2cccc(S(=O)(=O)N3CCCC3)c2)cc1. The van der Waals surface area contributed by atoms with E-state index in [-0.39, 0.29) is 11.3 Å². The molecule has 3 rings (SSSR count). The number of hydrogen-bond donors (Lipinski definition) is 1. The summed E-state index contributed by atoms with van der Waals surface area (Å²) in [7, 11) is -3.57. The number of amides is 1. The molecule has 2 aromatic rings. The molecule has 0 aromatic heterocycles. The summed E-state index contributed by atoms with van der Waals surface area (Å²) in [5.74, 6) is -0.305. The van der Waals surface area contributed by atoms with Crippen LogP contribution in [0.15, 0.2) is 53.4 Å². The summed E-state index contributed by atoms with van der Waals surface area (Å²) in [4.78, 5) is 24.1. The van der Waals surface area contributed by atoms with Crippen LogP contribution in [0.5, 0.6) is 5.75 Å². The summed E-state index contributed by atoms with van der Waals surface area (Å²) < 4.78 is 37.3. The zero-order valence-electron chi connectivity index (χ0n) is 18.1. The van der Waals surface area contributed by atoms with Crippen LogP contribution in [-0.4, -0.2) is 50.9 Å². The number of ether oxygens (including phenoxy) is 2. The Labute approximate surface area is 188 Å². The number of sulfonamides is 1. The predicted octanol–water partition coefficient (Wildman–Crippen LogP) is 3.12. The van der Waals surface area contributed by atoms with Gasteiger partial charge in [0.15, 0.2) is 6.61 Å². The molecule has 0 unspecified atom stereocenters. The fraction of sp³-hybridized carbons (Fsp3) is 0.391. The maximum atomic E-state index is 12.7. The molecule has 0 aliphatic carbocycles. The van der Waals surface area contributed by atoms with E-state index in [4.69, 9.17) is 9.47 Å². The van der Waals surface area contributed by atoms with Crippen molar-refractivity contribution in [2.24, 2.45) is 0 Å². The molecule has 8 nitrogen and oxygen atoms in total. The normalized spacial score (nSPS) is 14.2. The molecule has 2 aromatic carbocycles. The van der Waals surface area contributed by atoms with E-state index >= 15 is 0 Å². The van der Waals surface area contributed by atoms with E-state index in [9.17, 15) is 18.0 Å². The number of benzene rings is 2. The number of rotatable bonds is 10. The second-order valence-electron chi connectivity index (χ2n) is 7.61. The van der Waals surface area contributed by atoms with E-state index < -0.39 is 28.5 Å². The van der Waals surface area contributed by atoms with Gasteiger partial charge in [0.2, 0.25) is 10.0 Å². The van der Waals surface area contributed by atoms with Crippen molar-refractivity contribution in [1.82, 2.24) is 4.31 Å². The lowest BCUT2D eigenvalue weighted by atomic mass is 10.2. The van der Waals surface area contributed by atoms with Crippen molar-refractivity contribution in [3.8, 4) is 5.75 Å². The highest BCUT2D eigenvalue weighted by molar-refractivity contribution is 7.89. The number of carbonyl (C=O) groups excluding carboxylic acids is 2. The highest BCUT2D eigenvalue weighted by Crippen LogP contribution is 2.23. The van der Waals surface area contributed by atoms with Gasteiger partial charge in [-0.2, -0.15) is 4.31 Å². The van der Waals surface area contributed by atoms with E-state index in [1.54, 1.807) is 12.1 Å². The third kappa shape index (κ3) is 6.80. The van der Waals surface area contributed by atoms with Crippen molar-refractivity contribution >= 4 is 27.6 Å². The highest BCUT2D eigenvalue weighted by Gasteiger charge is 2.27. The first-order valence-corrected chi connectivity index (χ1v) is 12.0. The zero-order chi connectivity index (χ0) is 23.0. The van der Waals surface area contributed by atoms with Gasteiger partial charge < -0.3 is 14.8 Å². The summed E-state index contributed by atoms with van der Waals surface area (Å²) in [6, 6.07) is 13.7. The molecule has 9 heteroatoms. The van der Waals surface area contributed by atoms with Gasteiger partial charge in [-0.3, -0.25) is 9.59 Å². The Balaban J connectivity index is 1.39. The zero-order valence-corrected chi connectivity index (χ0v) is 18.9. The molecule has 32 heavy (non-hydrogen) atoms. The largest absolute Gasteiger partial charge is 0.494 e. The van der Waals surface area contributed by atoms with E-state index in [0.29, 0.717) is 31.8 Å². The highest BCUT2D eigenvalue weighted by atomic mass is 32.2. The molecule has 1 N–H and O–H groups in total. The Morgan fingerprint density at radius 3 is 2.50 bits per heavy atom.